The van der Waals surface area contributed by atoms with Crippen LogP contribution >= 0.6 is 0 Å². The zero-order chi connectivity index (χ0) is 15.2. The molecule has 2 aliphatic rings. The molecule has 21 heavy (non-hydrogen) atoms. The Kier molecular flexibility index (Phi) is 7.46. The summed E-state index contributed by atoms with van der Waals surface area (Å²) in [6, 6.07) is 3.52. The predicted molar refractivity (Wildman–Crippen MR) is 100 cm³/mol. The fraction of sp³-hybridized carbons (Fsp3) is 1.00. The van der Waals surface area contributed by atoms with Gasteiger partial charge in [0.2, 0.25) is 0 Å². The Morgan fingerprint density at radius 2 is 1.05 bits per heavy atom. The molecule has 4 heteroatoms. The summed E-state index contributed by atoms with van der Waals surface area (Å²) < 4.78 is 5.93. The van der Waals surface area contributed by atoms with Gasteiger partial charge in [-0.1, -0.05) is 53.4 Å². The van der Waals surface area contributed by atoms with Crippen molar-refractivity contribution in [3.05, 3.63) is 0 Å². The van der Waals surface area contributed by atoms with Gasteiger partial charge in [-0.15, -0.1) is 0 Å². The average molecular weight is 327 g/mol. The average Bonchev–Trinajstić information content (AvgIpc) is 3.10. The van der Waals surface area contributed by atoms with E-state index in [9.17, 15) is 0 Å². The van der Waals surface area contributed by atoms with Crippen molar-refractivity contribution in [2.75, 3.05) is 0 Å². The maximum absolute atomic E-state index is 2.97. The minimum Gasteiger partial charge on any atom is -0.325 e. The Hall–Kier alpha value is 0.354. The van der Waals surface area contributed by atoms with E-state index in [1.807, 2.05) is 0 Å². The second-order valence-electron chi connectivity index (χ2n) is 7.89. The fourth-order valence-corrected chi connectivity index (χ4v) is 10.6. The monoisotopic (exact) mass is 326 g/mol. The topological polar surface area (TPSA) is 6.48 Å². The molecule has 0 spiro atoms. The molecule has 124 valence electrons. The summed E-state index contributed by atoms with van der Waals surface area (Å²) in [7, 11) is 0.000297. The first-order valence-electron chi connectivity index (χ1n) is 9.61. The van der Waals surface area contributed by atoms with Crippen molar-refractivity contribution >= 4 is 19.4 Å². The van der Waals surface area contributed by atoms with Crippen molar-refractivity contribution in [2.45, 2.75) is 109 Å². The first-order valence-corrected chi connectivity index (χ1v) is 12.9. The van der Waals surface area contributed by atoms with Gasteiger partial charge in [0.25, 0.3) is 0 Å². The molecule has 0 aromatic heterocycles. The van der Waals surface area contributed by atoms with E-state index in [1.165, 1.54) is 51.4 Å². The van der Waals surface area contributed by atoms with Crippen molar-refractivity contribution in [2.24, 2.45) is 0 Å². The SMILES string of the molecule is CC(C)N([SiH2]C[SiH2]N(C(C)C)C1CCCC1)C1CCCC1. The van der Waals surface area contributed by atoms with Gasteiger partial charge in [-0.2, -0.15) is 0 Å². The van der Waals surface area contributed by atoms with E-state index in [-0.39, 0.29) is 19.4 Å². The Balaban J connectivity index is 1.79. The van der Waals surface area contributed by atoms with Gasteiger partial charge >= 0.3 is 0 Å². The van der Waals surface area contributed by atoms with Crippen LogP contribution in [0.4, 0.5) is 0 Å². The van der Waals surface area contributed by atoms with Crippen LogP contribution in [0, 0.1) is 0 Å². The molecular weight excluding hydrogens is 288 g/mol. The van der Waals surface area contributed by atoms with Crippen molar-refractivity contribution in [1.29, 1.82) is 0 Å². The highest BCUT2D eigenvalue weighted by molar-refractivity contribution is 6.52. The highest BCUT2D eigenvalue weighted by Gasteiger charge is 2.27. The third kappa shape index (κ3) is 5.19. The molecule has 2 nitrogen and oxygen atoms in total. The maximum Gasteiger partial charge on any atom is 0.0938 e. The van der Waals surface area contributed by atoms with Gasteiger partial charge in [-0.05, 0) is 43.4 Å². The second kappa shape index (κ2) is 8.85. The van der Waals surface area contributed by atoms with Gasteiger partial charge in [0.05, 0.1) is 19.4 Å². The fourth-order valence-electron chi connectivity index (χ4n) is 4.63. The normalized spacial score (nSPS) is 22.9. The third-order valence-electron chi connectivity index (χ3n) is 5.75. The minimum atomic E-state index is 0.000148. The van der Waals surface area contributed by atoms with Crippen LogP contribution in [0.2, 0.25) is 5.67 Å². The molecule has 0 aromatic rings. The molecule has 0 N–H and O–H groups in total. The quantitative estimate of drug-likeness (QED) is 0.633. The van der Waals surface area contributed by atoms with Crippen LogP contribution < -0.4 is 0 Å². The number of hydrogen-bond donors (Lipinski definition) is 0. The molecular formula is C17H38N2Si2. The highest BCUT2D eigenvalue weighted by Crippen LogP contribution is 2.26. The van der Waals surface area contributed by atoms with Crippen LogP contribution in [-0.2, 0) is 0 Å². The van der Waals surface area contributed by atoms with Crippen LogP contribution in [-0.4, -0.2) is 52.7 Å². The van der Waals surface area contributed by atoms with Crippen LogP contribution in [0.15, 0.2) is 0 Å². The van der Waals surface area contributed by atoms with Crippen molar-refractivity contribution in [3.63, 3.8) is 0 Å². The van der Waals surface area contributed by atoms with Gasteiger partial charge in [-0.25, -0.2) is 0 Å². The first kappa shape index (κ1) is 17.7. The Labute approximate surface area is 137 Å². The van der Waals surface area contributed by atoms with E-state index in [0.717, 1.165) is 24.2 Å². The van der Waals surface area contributed by atoms with Crippen LogP contribution in [0.25, 0.3) is 0 Å². The Morgan fingerprint density at radius 1 is 0.714 bits per heavy atom. The lowest BCUT2D eigenvalue weighted by molar-refractivity contribution is 0.276. The molecule has 0 amide bonds. The molecule has 0 unspecified atom stereocenters. The van der Waals surface area contributed by atoms with E-state index < -0.39 is 0 Å². The van der Waals surface area contributed by atoms with E-state index >= 15 is 0 Å². The summed E-state index contributed by atoms with van der Waals surface area (Å²) in [5, 5.41) is 0. The largest absolute Gasteiger partial charge is 0.325 e. The summed E-state index contributed by atoms with van der Waals surface area (Å²) in [5.74, 6) is 0. The highest BCUT2D eigenvalue weighted by atomic mass is 28.3. The van der Waals surface area contributed by atoms with E-state index in [4.69, 9.17) is 0 Å². The van der Waals surface area contributed by atoms with Crippen molar-refractivity contribution < 1.29 is 0 Å². The zero-order valence-electron chi connectivity index (χ0n) is 15.0. The van der Waals surface area contributed by atoms with Crippen molar-refractivity contribution in [3.8, 4) is 0 Å². The standard InChI is InChI=1S/C17H38N2Si2/c1-14(2)18(16-9-5-6-10-16)20-13-21-19(15(3)4)17-11-7-8-12-17/h14-17H,5-13,20-21H2,1-4H3. The molecule has 0 atom stereocenters. The van der Waals surface area contributed by atoms with E-state index in [2.05, 4.69) is 36.8 Å². The van der Waals surface area contributed by atoms with Crippen LogP contribution in [0.5, 0.6) is 0 Å². The van der Waals surface area contributed by atoms with Crippen LogP contribution in [0.1, 0.15) is 79.1 Å². The lowest BCUT2D eigenvalue weighted by Crippen LogP contribution is -2.46. The number of rotatable bonds is 8. The summed E-state index contributed by atoms with van der Waals surface area (Å²) >= 11 is 0. The van der Waals surface area contributed by atoms with Gasteiger partial charge in [0.1, 0.15) is 0 Å². The first-order chi connectivity index (χ1) is 10.1. The Morgan fingerprint density at radius 3 is 1.33 bits per heavy atom. The van der Waals surface area contributed by atoms with E-state index in [1.54, 1.807) is 5.67 Å². The molecule has 0 saturated heterocycles. The zero-order valence-corrected chi connectivity index (χ0v) is 17.8. The van der Waals surface area contributed by atoms with E-state index in [0.29, 0.717) is 0 Å². The summed E-state index contributed by atoms with van der Waals surface area (Å²) in [4.78, 5) is 0. The number of hydrogen-bond acceptors (Lipinski definition) is 2. The molecule has 0 aliphatic heterocycles. The van der Waals surface area contributed by atoms with Gasteiger partial charge in [-0.3, -0.25) is 0 Å². The number of nitrogens with zero attached hydrogens (tertiary/aromatic N) is 2. The predicted octanol–water partition coefficient (Wildman–Crippen LogP) is 2.84. The molecule has 0 bridgehead atoms. The maximum atomic E-state index is 2.97. The van der Waals surface area contributed by atoms with Crippen molar-refractivity contribution in [1.82, 2.24) is 9.13 Å². The minimum absolute atomic E-state index is 0.000148. The summed E-state index contributed by atoms with van der Waals surface area (Å²) in [6.45, 7) is 9.74. The molecule has 0 aromatic carbocycles. The summed E-state index contributed by atoms with van der Waals surface area (Å²) in [5.41, 5.74) is 1.63. The molecule has 2 saturated carbocycles. The molecule has 0 heterocycles. The lowest BCUT2D eigenvalue weighted by atomic mass is 10.2. The van der Waals surface area contributed by atoms with Gasteiger partial charge in [0.15, 0.2) is 0 Å². The third-order valence-corrected chi connectivity index (χ3v) is 11.8. The van der Waals surface area contributed by atoms with Crippen LogP contribution in [0.3, 0.4) is 0 Å². The van der Waals surface area contributed by atoms with Gasteiger partial charge < -0.3 is 9.13 Å². The molecule has 2 aliphatic carbocycles. The molecule has 2 fully saturated rings. The molecule has 0 radical (unpaired) electrons. The van der Waals surface area contributed by atoms with Gasteiger partial charge in [0, 0.05) is 12.1 Å². The second-order valence-corrected chi connectivity index (χ2v) is 13.1. The summed E-state index contributed by atoms with van der Waals surface area (Å²) in [6.07, 6.45) is 11.9. The lowest BCUT2D eigenvalue weighted by Gasteiger charge is -2.36. The Bertz CT molecular complexity index is 257. The smallest absolute Gasteiger partial charge is 0.0938 e. The molecule has 2 rings (SSSR count).